The van der Waals surface area contributed by atoms with E-state index in [0.717, 1.165) is 36.5 Å². The molecule has 1 aromatic carbocycles. The first-order chi connectivity index (χ1) is 14.1. The summed E-state index contributed by atoms with van der Waals surface area (Å²) in [4.78, 5) is 52.8. The zero-order chi connectivity index (χ0) is 21.6. The molecule has 0 spiro atoms. The van der Waals surface area contributed by atoms with E-state index in [9.17, 15) is 19.2 Å². The summed E-state index contributed by atoms with van der Waals surface area (Å²) >= 11 is 0. The lowest BCUT2D eigenvalue weighted by Gasteiger charge is -2.42. The predicted octanol–water partition coefficient (Wildman–Crippen LogP) is 1.76. The molecule has 4 amide bonds. The van der Waals surface area contributed by atoms with Crippen LogP contribution in [0.2, 0.25) is 0 Å². The van der Waals surface area contributed by atoms with Crippen molar-refractivity contribution in [2.45, 2.75) is 64.1 Å². The van der Waals surface area contributed by atoms with Crippen LogP contribution in [0.3, 0.4) is 0 Å². The number of rotatable bonds is 3. The van der Waals surface area contributed by atoms with E-state index >= 15 is 0 Å². The van der Waals surface area contributed by atoms with Crippen LogP contribution in [-0.4, -0.2) is 64.1 Å². The van der Waals surface area contributed by atoms with Crippen molar-refractivity contribution in [1.82, 2.24) is 15.1 Å². The Bertz CT molecular complexity index is 920. The van der Waals surface area contributed by atoms with Crippen LogP contribution in [0, 0.1) is 0 Å². The minimum atomic E-state index is -0.940. The monoisotopic (exact) mass is 412 g/mol. The van der Waals surface area contributed by atoms with Gasteiger partial charge in [0.25, 0.3) is 11.8 Å². The van der Waals surface area contributed by atoms with Gasteiger partial charge in [-0.05, 0) is 64.8 Å². The summed E-state index contributed by atoms with van der Waals surface area (Å²) in [6.45, 7) is 8.60. The first-order valence-electron chi connectivity index (χ1n) is 10.5. The minimum Gasteiger partial charge on any atom is -0.381 e. The van der Waals surface area contributed by atoms with Crippen molar-refractivity contribution in [3.63, 3.8) is 0 Å². The molecule has 0 radical (unpaired) electrons. The minimum absolute atomic E-state index is 0.100. The van der Waals surface area contributed by atoms with Crippen LogP contribution < -0.4 is 10.6 Å². The fourth-order valence-electron chi connectivity index (χ4n) is 4.50. The number of benzene rings is 1. The van der Waals surface area contributed by atoms with Gasteiger partial charge in [0, 0.05) is 30.2 Å². The molecule has 0 aromatic heterocycles. The number of nitrogens with one attached hydrogen (secondary N) is 2. The third-order valence-electron chi connectivity index (χ3n) is 6.18. The lowest BCUT2D eigenvalue weighted by molar-refractivity contribution is -0.136. The van der Waals surface area contributed by atoms with Gasteiger partial charge in [-0.2, -0.15) is 0 Å². The molecule has 3 heterocycles. The summed E-state index contributed by atoms with van der Waals surface area (Å²) in [5.41, 5.74) is 1.50. The van der Waals surface area contributed by atoms with E-state index in [-0.39, 0.29) is 30.3 Å². The Morgan fingerprint density at radius 1 is 1.03 bits per heavy atom. The maximum Gasteiger partial charge on any atom is 0.262 e. The fourth-order valence-corrected chi connectivity index (χ4v) is 4.50. The largest absolute Gasteiger partial charge is 0.381 e. The van der Waals surface area contributed by atoms with E-state index in [2.05, 4.69) is 36.3 Å². The van der Waals surface area contributed by atoms with Crippen LogP contribution in [0.25, 0.3) is 0 Å². The summed E-state index contributed by atoms with van der Waals surface area (Å²) in [5, 5.41) is 5.72. The van der Waals surface area contributed by atoms with Crippen LogP contribution >= 0.6 is 0 Å². The Labute approximate surface area is 176 Å². The van der Waals surface area contributed by atoms with Gasteiger partial charge in [-0.15, -0.1) is 0 Å². The molecule has 4 rings (SSSR count). The standard InChI is InChI=1S/C22H28N4O4/c1-22(2,3)25-10-4-5-14(12-25)23-13-6-7-15-16(11-13)21(30)26(20(15)29)17-8-9-18(27)24-19(17)28/h6-7,11,14,17,23H,4-5,8-10,12H2,1-3H3,(H,24,27,28)/t14-,17?/m0/s1. The van der Waals surface area contributed by atoms with Crippen molar-refractivity contribution in [2.75, 3.05) is 18.4 Å². The number of carbonyl (C=O) groups is 4. The zero-order valence-corrected chi connectivity index (χ0v) is 17.7. The average molecular weight is 412 g/mol. The summed E-state index contributed by atoms with van der Waals surface area (Å²) in [6, 6.07) is 4.49. The first-order valence-corrected chi connectivity index (χ1v) is 10.5. The van der Waals surface area contributed by atoms with Gasteiger partial charge in [-0.3, -0.25) is 34.3 Å². The molecule has 2 N–H and O–H groups in total. The number of anilines is 1. The summed E-state index contributed by atoms with van der Waals surface area (Å²) < 4.78 is 0. The topological polar surface area (TPSA) is 98.8 Å². The Kier molecular flexibility index (Phi) is 5.13. The van der Waals surface area contributed by atoms with E-state index in [1.165, 1.54) is 0 Å². The van der Waals surface area contributed by atoms with Gasteiger partial charge in [0.15, 0.2) is 0 Å². The molecular weight excluding hydrogens is 384 g/mol. The molecule has 2 saturated heterocycles. The normalized spacial score (nSPS) is 25.4. The molecule has 0 aliphatic carbocycles. The van der Waals surface area contributed by atoms with Crippen molar-refractivity contribution >= 4 is 29.3 Å². The van der Waals surface area contributed by atoms with Crippen LogP contribution in [-0.2, 0) is 9.59 Å². The van der Waals surface area contributed by atoms with Crippen LogP contribution in [0.5, 0.6) is 0 Å². The van der Waals surface area contributed by atoms with E-state index in [1.807, 2.05) is 6.07 Å². The Hall–Kier alpha value is -2.74. The van der Waals surface area contributed by atoms with Crippen LogP contribution in [0.1, 0.15) is 67.2 Å². The molecule has 3 aliphatic rings. The number of nitrogens with zero attached hydrogens (tertiary/aromatic N) is 2. The molecule has 0 saturated carbocycles. The van der Waals surface area contributed by atoms with Crippen molar-refractivity contribution in [3.8, 4) is 0 Å². The highest BCUT2D eigenvalue weighted by Gasteiger charge is 2.44. The molecule has 3 aliphatic heterocycles. The van der Waals surface area contributed by atoms with Crippen LogP contribution in [0.15, 0.2) is 18.2 Å². The third kappa shape index (κ3) is 3.71. The zero-order valence-electron chi connectivity index (χ0n) is 17.7. The summed E-state index contributed by atoms with van der Waals surface area (Å²) in [6.07, 6.45) is 2.41. The number of piperidine rings is 2. The highest BCUT2D eigenvalue weighted by molar-refractivity contribution is 6.23. The molecule has 0 bridgehead atoms. The number of fused-ring (bicyclic) bond motifs is 1. The molecule has 8 nitrogen and oxygen atoms in total. The third-order valence-corrected chi connectivity index (χ3v) is 6.18. The van der Waals surface area contributed by atoms with E-state index in [1.54, 1.807) is 12.1 Å². The maximum atomic E-state index is 13.0. The molecule has 8 heteroatoms. The maximum absolute atomic E-state index is 13.0. The Balaban J connectivity index is 1.51. The lowest BCUT2D eigenvalue weighted by Crippen LogP contribution is -2.54. The SMILES string of the molecule is CC(C)(C)N1CCC[C@H](Nc2ccc3c(c2)C(=O)N(C2CCC(=O)NC2=O)C3=O)C1. The molecule has 160 valence electrons. The summed E-state index contributed by atoms with van der Waals surface area (Å²) in [7, 11) is 0. The summed E-state index contributed by atoms with van der Waals surface area (Å²) in [5.74, 6) is -1.93. The Morgan fingerprint density at radius 3 is 2.47 bits per heavy atom. The molecule has 2 fully saturated rings. The molecular formula is C22H28N4O4. The van der Waals surface area contributed by atoms with Gasteiger partial charge in [-0.25, -0.2) is 0 Å². The molecule has 30 heavy (non-hydrogen) atoms. The second kappa shape index (κ2) is 7.50. The van der Waals surface area contributed by atoms with Gasteiger partial charge in [0.2, 0.25) is 11.8 Å². The molecule has 1 unspecified atom stereocenters. The van der Waals surface area contributed by atoms with E-state index in [4.69, 9.17) is 0 Å². The van der Waals surface area contributed by atoms with Crippen molar-refractivity contribution in [2.24, 2.45) is 0 Å². The second-order valence-corrected chi connectivity index (χ2v) is 9.31. The number of amides is 4. The second-order valence-electron chi connectivity index (χ2n) is 9.31. The van der Waals surface area contributed by atoms with Gasteiger partial charge in [-0.1, -0.05) is 0 Å². The molecule has 2 atom stereocenters. The first kappa shape index (κ1) is 20.5. The number of carbonyl (C=O) groups excluding carboxylic acids is 4. The quantitative estimate of drug-likeness (QED) is 0.734. The number of likely N-dealkylation sites (tertiary alicyclic amines) is 1. The fraction of sp³-hybridized carbons (Fsp3) is 0.545. The molecule has 1 aromatic rings. The van der Waals surface area contributed by atoms with Gasteiger partial charge < -0.3 is 5.32 Å². The highest BCUT2D eigenvalue weighted by atomic mass is 16.2. The Morgan fingerprint density at radius 2 is 1.77 bits per heavy atom. The number of hydrogen-bond donors (Lipinski definition) is 2. The lowest BCUT2D eigenvalue weighted by atomic mass is 9.98. The van der Waals surface area contributed by atoms with Crippen molar-refractivity contribution < 1.29 is 19.2 Å². The number of hydrogen-bond acceptors (Lipinski definition) is 6. The van der Waals surface area contributed by atoms with Gasteiger partial charge in [0.05, 0.1) is 11.1 Å². The van der Waals surface area contributed by atoms with E-state index in [0.29, 0.717) is 11.1 Å². The van der Waals surface area contributed by atoms with Crippen molar-refractivity contribution in [1.29, 1.82) is 0 Å². The smallest absolute Gasteiger partial charge is 0.262 e. The van der Waals surface area contributed by atoms with Crippen LogP contribution in [0.4, 0.5) is 5.69 Å². The highest BCUT2D eigenvalue weighted by Crippen LogP contribution is 2.30. The number of imide groups is 2. The average Bonchev–Trinajstić information content (AvgIpc) is 2.92. The van der Waals surface area contributed by atoms with E-state index < -0.39 is 23.8 Å². The van der Waals surface area contributed by atoms with Crippen molar-refractivity contribution in [3.05, 3.63) is 29.3 Å². The van der Waals surface area contributed by atoms with Gasteiger partial charge >= 0.3 is 0 Å². The van der Waals surface area contributed by atoms with Gasteiger partial charge in [0.1, 0.15) is 6.04 Å². The predicted molar refractivity (Wildman–Crippen MR) is 111 cm³/mol.